The Bertz CT molecular complexity index is 1010. The van der Waals surface area contributed by atoms with Crippen molar-refractivity contribution >= 4 is 44.7 Å². The minimum Gasteiger partial charge on any atom is -0.325 e. The van der Waals surface area contributed by atoms with Crippen molar-refractivity contribution in [2.75, 3.05) is 38.0 Å². The van der Waals surface area contributed by atoms with Gasteiger partial charge in [0.25, 0.3) is 0 Å². The second-order valence-corrected chi connectivity index (χ2v) is 8.74. The molecule has 0 spiro atoms. The van der Waals surface area contributed by atoms with Crippen molar-refractivity contribution in [1.82, 2.24) is 14.8 Å². The summed E-state index contributed by atoms with van der Waals surface area (Å²) in [5.41, 5.74) is 1.56. The Labute approximate surface area is 178 Å². The van der Waals surface area contributed by atoms with Gasteiger partial charge >= 0.3 is 0 Å². The van der Waals surface area contributed by atoms with Crippen LogP contribution in [-0.2, 0) is 11.3 Å². The second-order valence-electron chi connectivity index (χ2n) is 7.18. The molecule has 8 heteroatoms. The fourth-order valence-electron chi connectivity index (χ4n) is 3.52. The molecule has 0 aliphatic carbocycles. The minimum atomic E-state index is -0.228. The highest BCUT2D eigenvalue weighted by Gasteiger charge is 2.18. The van der Waals surface area contributed by atoms with Crippen molar-refractivity contribution in [3.8, 4) is 0 Å². The maximum absolute atomic E-state index is 13.4. The Balaban J connectivity index is 1.30. The lowest BCUT2D eigenvalue weighted by Crippen LogP contribution is -2.36. The minimum absolute atomic E-state index is 0.0334. The Morgan fingerprint density at radius 2 is 1.97 bits per heavy atom. The summed E-state index contributed by atoms with van der Waals surface area (Å²) in [4.78, 5) is 21.5. The van der Waals surface area contributed by atoms with E-state index < -0.39 is 0 Å². The van der Waals surface area contributed by atoms with E-state index in [1.54, 1.807) is 35.6 Å². The molecular formula is C21H22ClFN4OS. The Hall–Kier alpha value is -2.06. The lowest BCUT2D eigenvalue weighted by atomic mass is 10.3. The van der Waals surface area contributed by atoms with Crippen LogP contribution in [0.5, 0.6) is 0 Å². The summed E-state index contributed by atoms with van der Waals surface area (Å²) >= 11 is 7.51. The smallest absolute Gasteiger partial charge is 0.238 e. The number of fused-ring (bicyclic) bond motifs is 1. The van der Waals surface area contributed by atoms with Crippen molar-refractivity contribution in [3.63, 3.8) is 0 Å². The number of thiazole rings is 1. The highest BCUT2D eigenvalue weighted by atomic mass is 35.5. The number of hydrogen-bond donors (Lipinski definition) is 1. The van der Waals surface area contributed by atoms with Crippen LogP contribution in [0.2, 0.25) is 5.02 Å². The first-order chi connectivity index (χ1) is 14.0. The van der Waals surface area contributed by atoms with Crippen LogP contribution >= 0.6 is 22.9 Å². The van der Waals surface area contributed by atoms with Crippen molar-refractivity contribution < 1.29 is 9.18 Å². The molecule has 1 aromatic heterocycles. The van der Waals surface area contributed by atoms with Gasteiger partial charge in [0.2, 0.25) is 5.91 Å². The lowest BCUT2D eigenvalue weighted by Gasteiger charge is -2.20. The molecular weight excluding hydrogens is 411 g/mol. The van der Waals surface area contributed by atoms with Crippen molar-refractivity contribution in [3.05, 3.63) is 58.3 Å². The summed E-state index contributed by atoms with van der Waals surface area (Å²) in [7, 11) is 0. The summed E-state index contributed by atoms with van der Waals surface area (Å²) in [6.07, 6.45) is 0.990. The lowest BCUT2D eigenvalue weighted by molar-refractivity contribution is -0.117. The average Bonchev–Trinajstić information content (AvgIpc) is 2.93. The molecule has 29 heavy (non-hydrogen) atoms. The third-order valence-corrected chi connectivity index (χ3v) is 6.15. The molecule has 152 valence electrons. The molecule has 1 aliphatic rings. The zero-order valence-corrected chi connectivity index (χ0v) is 17.5. The molecule has 1 fully saturated rings. The van der Waals surface area contributed by atoms with Crippen LogP contribution in [0.4, 0.5) is 10.1 Å². The standard InChI is InChI=1S/C21H22ClFN4OS/c22-15-3-1-4-17(11-15)24-20(28)13-26-7-2-8-27(10-9-26)14-21-25-18-6-5-16(23)12-19(18)29-21/h1,3-6,11-12H,2,7-10,13-14H2,(H,24,28). The molecule has 0 unspecified atom stereocenters. The van der Waals surface area contributed by atoms with Gasteiger partial charge in [-0.2, -0.15) is 0 Å². The first-order valence-corrected chi connectivity index (χ1v) is 10.8. The van der Waals surface area contributed by atoms with Gasteiger partial charge in [-0.25, -0.2) is 9.37 Å². The van der Waals surface area contributed by atoms with E-state index in [2.05, 4.69) is 20.1 Å². The first kappa shape index (κ1) is 20.2. The number of rotatable bonds is 5. The summed E-state index contributed by atoms with van der Waals surface area (Å²) in [6.45, 7) is 4.64. The summed E-state index contributed by atoms with van der Waals surface area (Å²) in [6, 6.07) is 11.9. The quantitative estimate of drug-likeness (QED) is 0.655. The number of carbonyl (C=O) groups excluding carboxylic acids is 1. The van der Waals surface area contributed by atoms with Crippen LogP contribution in [0.1, 0.15) is 11.4 Å². The summed E-state index contributed by atoms with van der Waals surface area (Å²) in [5.74, 6) is -0.261. The summed E-state index contributed by atoms with van der Waals surface area (Å²) < 4.78 is 14.3. The number of anilines is 1. The van der Waals surface area contributed by atoms with Crippen molar-refractivity contribution in [2.24, 2.45) is 0 Å². The molecule has 0 saturated carbocycles. The molecule has 4 rings (SSSR count). The zero-order valence-electron chi connectivity index (χ0n) is 15.9. The van der Waals surface area contributed by atoms with Gasteiger partial charge in [-0.3, -0.25) is 14.6 Å². The van der Waals surface area contributed by atoms with Gasteiger partial charge in [0.15, 0.2) is 0 Å². The van der Waals surface area contributed by atoms with E-state index in [1.807, 2.05) is 12.1 Å². The Morgan fingerprint density at radius 3 is 2.83 bits per heavy atom. The van der Waals surface area contributed by atoms with E-state index in [0.717, 1.165) is 54.4 Å². The number of nitrogens with one attached hydrogen (secondary N) is 1. The summed E-state index contributed by atoms with van der Waals surface area (Å²) in [5, 5.41) is 4.50. The van der Waals surface area contributed by atoms with Crippen LogP contribution in [0.25, 0.3) is 10.2 Å². The van der Waals surface area contributed by atoms with Crippen molar-refractivity contribution in [1.29, 1.82) is 0 Å². The topological polar surface area (TPSA) is 48.5 Å². The second kappa shape index (κ2) is 9.17. The fourth-order valence-corrected chi connectivity index (χ4v) is 4.74. The number of benzene rings is 2. The third-order valence-electron chi connectivity index (χ3n) is 4.91. The fraction of sp³-hybridized carbons (Fsp3) is 0.333. The number of amides is 1. The molecule has 1 aliphatic heterocycles. The van der Waals surface area contributed by atoms with E-state index in [9.17, 15) is 9.18 Å². The Kier molecular flexibility index (Phi) is 6.40. The predicted molar refractivity (Wildman–Crippen MR) is 116 cm³/mol. The van der Waals surface area contributed by atoms with E-state index in [-0.39, 0.29) is 11.7 Å². The molecule has 5 nitrogen and oxygen atoms in total. The molecule has 3 aromatic rings. The van der Waals surface area contributed by atoms with Gasteiger partial charge in [0.1, 0.15) is 10.8 Å². The van der Waals surface area contributed by atoms with E-state index >= 15 is 0 Å². The molecule has 2 heterocycles. The maximum atomic E-state index is 13.4. The molecule has 2 aromatic carbocycles. The van der Waals surface area contributed by atoms with E-state index in [4.69, 9.17) is 11.6 Å². The van der Waals surface area contributed by atoms with Crippen molar-refractivity contribution in [2.45, 2.75) is 13.0 Å². The highest BCUT2D eigenvalue weighted by molar-refractivity contribution is 7.18. The molecule has 1 amide bonds. The number of aromatic nitrogens is 1. The van der Waals surface area contributed by atoms with Crippen LogP contribution in [-0.4, -0.2) is 53.4 Å². The maximum Gasteiger partial charge on any atom is 0.238 e. The van der Waals surface area contributed by atoms with E-state index in [1.165, 1.54) is 6.07 Å². The molecule has 0 atom stereocenters. The average molecular weight is 433 g/mol. The van der Waals surface area contributed by atoms with Crippen LogP contribution in [0.3, 0.4) is 0 Å². The number of halogens is 2. The van der Waals surface area contributed by atoms with Gasteiger partial charge in [-0.1, -0.05) is 17.7 Å². The predicted octanol–water partition coefficient (Wildman–Crippen LogP) is 4.24. The number of nitrogens with zero attached hydrogens (tertiary/aromatic N) is 3. The van der Waals surface area contributed by atoms with E-state index in [0.29, 0.717) is 17.3 Å². The molecule has 1 saturated heterocycles. The van der Waals surface area contributed by atoms with Gasteiger partial charge in [-0.05, 0) is 55.9 Å². The first-order valence-electron chi connectivity index (χ1n) is 9.60. The highest BCUT2D eigenvalue weighted by Crippen LogP contribution is 2.24. The van der Waals surface area contributed by atoms with Crippen LogP contribution in [0.15, 0.2) is 42.5 Å². The number of hydrogen-bond acceptors (Lipinski definition) is 5. The SMILES string of the molecule is O=C(CN1CCCN(Cc2nc3ccc(F)cc3s2)CC1)Nc1cccc(Cl)c1. The van der Waals surface area contributed by atoms with Gasteiger partial charge in [0, 0.05) is 23.8 Å². The monoisotopic (exact) mass is 432 g/mol. The van der Waals surface area contributed by atoms with Gasteiger partial charge < -0.3 is 5.32 Å². The van der Waals surface area contributed by atoms with Gasteiger partial charge in [-0.15, -0.1) is 11.3 Å². The Morgan fingerprint density at radius 1 is 1.14 bits per heavy atom. The number of carbonyl (C=O) groups is 1. The third kappa shape index (κ3) is 5.51. The van der Waals surface area contributed by atoms with Crippen LogP contribution in [0, 0.1) is 5.82 Å². The zero-order chi connectivity index (χ0) is 20.2. The molecule has 1 N–H and O–H groups in total. The van der Waals surface area contributed by atoms with Gasteiger partial charge in [0.05, 0.1) is 23.3 Å². The molecule has 0 radical (unpaired) electrons. The van der Waals surface area contributed by atoms with Crippen LogP contribution < -0.4 is 5.32 Å². The largest absolute Gasteiger partial charge is 0.325 e. The normalized spacial score (nSPS) is 16.1. The molecule has 0 bridgehead atoms.